The van der Waals surface area contributed by atoms with Gasteiger partial charge in [0.1, 0.15) is 17.3 Å². The Morgan fingerprint density at radius 3 is 2.39 bits per heavy atom. The maximum Gasteiger partial charge on any atom is 0.123 e. The van der Waals surface area contributed by atoms with E-state index in [-0.39, 0.29) is 6.10 Å². The fraction of sp³-hybridized carbons (Fsp3) is 0.333. The summed E-state index contributed by atoms with van der Waals surface area (Å²) in [6.45, 7) is 6.68. The lowest BCUT2D eigenvalue weighted by molar-refractivity contribution is 0.242. The van der Waals surface area contributed by atoms with Gasteiger partial charge < -0.3 is 14.5 Å². The number of furan rings is 1. The molecule has 18 heavy (non-hydrogen) atoms. The molecule has 0 spiro atoms. The third kappa shape index (κ3) is 3.55. The predicted octanol–water partition coefficient (Wildman–Crippen LogP) is 3.99. The van der Waals surface area contributed by atoms with Crippen LogP contribution in [-0.4, -0.2) is 6.10 Å². The Balaban J connectivity index is 1.90. The zero-order valence-electron chi connectivity index (χ0n) is 11.1. The summed E-state index contributed by atoms with van der Waals surface area (Å²) in [5.41, 5.74) is 1.06. The molecule has 0 aliphatic rings. The van der Waals surface area contributed by atoms with Crippen molar-refractivity contribution in [1.82, 2.24) is 0 Å². The van der Waals surface area contributed by atoms with Crippen LogP contribution >= 0.6 is 0 Å². The molecule has 96 valence electrons. The lowest BCUT2D eigenvalue weighted by Gasteiger charge is -2.10. The third-order valence-corrected chi connectivity index (χ3v) is 2.49. The molecule has 0 atom stereocenters. The van der Waals surface area contributed by atoms with Crippen LogP contribution in [-0.2, 0) is 6.54 Å². The summed E-state index contributed by atoms with van der Waals surface area (Å²) in [5, 5.41) is 3.31. The molecule has 1 heterocycles. The molecule has 0 saturated carbocycles. The van der Waals surface area contributed by atoms with Gasteiger partial charge in [-0.2, -0.15) is 0 Å². The third-order valence-electron chi connectivity index (χ3n) is 2.49. The van der Waals surface area contributed by atoms with Crippen LogP contribution in [0.2, 0.25) is 0 Å². The van der Waals surface area contributed by atoms with Gasteiger partial charge >= 0.3 is 0 Å². The molecule has 1 aromatic carbocycles. The molecule has 3 heteroatoms. The van der Waals surface area contributed by atoms with E-state index in [0.717, 1.165) is 23.0 Å². The topological polar surface area (TPSA) is 34.4 Å². The van der Waals surface area contributed by atoms with Crippen LogP contribution < -0.4 is 10.1 Å². The summed E-state index contributed by atoms with van der Waals surface area (Å²) in [6, 6.07) is 11.9. The van der Waals surface area contributed by atoms with E-state index in [2.05, 4.69) is 5.32 Å². The summed E-state index contributed by atoms with van der Waals surface area (Å²) in [4.78, 5) is 0. The van der Waals surface area contributed by atoms with Crippen LogP contribution in [0.4, 0.5) is 5.69 Å². The molecule has 0 unspecified atom stereocenters. The zero-order chi connectivity index (χ0) is 13.0. The van der Waals surface area contributed by atoms with Crippen LogP contribution in [0.25, 0.3) is 0 Å². The first-order chi connectivity index (χ1) is 8.63. The SMILES string of the molecule is Cc1ccc(CNc2ccc(OC(C)C)cc2)o1. The molecule has 0 amide bonds. The number of hydrogen-bond donors (Lipinski definition) is 1. The first-order valence-electron chi connectivity index (χ1n) is 6.19. The van der Waals surface area contributed by atoms with Crippen molar-refractivity contribution in [2.24, 2.45) is 0 Å². The van der Waals surface area contributed by atoms with Crippen molar-refractivity contribution in [3.05, 3.63) is 47.9 Å². The average molecular weight is 245 g/mol. The van der Waals surface area contributed by atoms with Gasteiger partial charge in [-0.25, -0.2) is 0 Å². The normalized spacial score (nSPS) is 10.7. The first-order valence-corrected chi connectivity index (χ1v) is 6.19. The fourth-order valence-corrected chi connectivity index (χ4v) is 1.69. The second-order valence-electron chi connectivity index (χ2n) is 4.56. The molecule has 0 saturated heterocycles. The van der Waals surface area contributed by atoms with Crippen molar-refractivity contribution in [2.45, 2.75) is 33.4 Å². The summed E-state index contributed by atoms with van der Waals surface area (Å²) < 4.78 is 11.1. The molecule has 0 radical (unpaired) electrons. The van der Waals surface area contributed by atoms with E-state index >= 15 is 0 Å². The second-order valence-corrected chi connectivity index (χ2v) is 4.56. The highest BCUT2D eigenvalue weighted by atomic mass is 16.5. The van der Waals surface area contributed by atoms with Gasteiger partial charge in [-0.1, -0.05) is 0 Å². The average Bonchev–Trinajstić information content (AvgIpc) is 2.74. The Morgan fingerprint density at radius 2 is 1.83 bits per heavy atom. The molecule has 1 aromatic heterocycles. The molecule has 0 aliphatic carbocycles. The van der Waals surface area contributed by atoms with Crippen molar-refractivity contribution in [2.75, 3.05) is 5.32 Å². The zero-order valence-corrected chi connectivity index (χ0v) is 11.1. The van der Waals surface area contributed by atoms with Crippen LogP contribution in [0.3, 0.4) is 0 Å². The maximum absolute atomic E-state index is 5.59. The Hall–Kier alpha value is -1.90. The van der Waals surface area contributed by atoms with E-state index in [1.165, 1.54) is 0 Å². The molecular weight excluding hydrogens is 226 g/mol. The standard InChI is InChI=1S/C15H19NO2/c1-11(2)17-14-8-5-13(6-9-14)16-10-15-7-4-12(3)18-15/h4-9,11,16H,10H2,1-3H3. The summed E-state index contributed by atoms with van der Waals surface area (Å²) in [7, 11) is 0. The van der Waals surface area contributed by atoms with Crippen LogP contribution in [0, 0.1) is 6.92 Å². The van der Waals surface area contributed by atoms with E-state index in [1.54, 1.807) is 0 Å². The molecule has 1 N–H and O–H groups in total. The van der Waals surface area contributed by atoms with E-state index in [0.29, 0.717) is 6.54 Å². The lowest BCUT2D eigenvalue weighted by atomic mass is 10.3. The van der Waals surface area contributed by atoms with Gasteiger partial charge in [-0.05, 0) is 57.2 Å². The second kappa shape index (κ2) is 5.63. The van der Waals surface area contributed by atoms with Crippen LogP contribution in [0.15, 0.2) is 40.8 Å². The van der Waals surface area contributed by atoms with E-state index < -0.39 is 0 Å². The number of aryl methyl sites for hydroxylation is 1. The Labute approximate surface area is 108 Å². The summed E-state index contributed by atoms with van der Waals surface area (Å²) >= 11 is 0. The van der Waals surface area contributed by atoms with E-state index in [9.17, 15) is 0 Å². The van der Waals surface area contributed by atoms with Gasteiger partial charge in [0.05, 0.1) is 12.6 Å². The molecule has 0 aliphatic heterocycles. The quantitative estimate of drug-likeness (QED) is 0.865. The minimum absolute atomic E-state index is 0.204. The minimum atomic E-state index is 0.204. The Bertz CT molecular complexity index is 485. The highest BCUT2D eigenvalue weighted by Gasteiger charge is 2.00. The minimum Gasteiger partial charge on any atom is -0.491 e. The Morgan fingerprint density at radius 1 is 1.11 bits per heavy atom. The largest absolute Gasteiger partial charge is 0.491 e. The van der Waals surface area contributed by atoms with Gasteiger partial charge in [-0.15, -0.1) is 0 Å². The van der Waals surface area contributed by atoms with Crippen molar-refractivity contribution < 1.29 is 9.15 Å². The molecule has 2 aromatic rings. The van der Waals surface area contributed by atoms with Crippen LogP contribution in [0.5, 0.6) is 5.75 Å². The van der Waals surface area contributed by atoms with Gasteiger partial charge in [0.15, 0.2) is 0 Å². The molecule has 3 nitrogen and oxygen atoms in total. The molecular formula is C15H19NO2. The predicted molar refractivity (Wildman–Crippen MR) is 73.0 cm³/mol. The Kier molecular flexibility index (Phi) is 3.92. The van der Waals surface area contributed by atoms with Gasteiger partial charge in [0.25, 0.3) is 0 Å². The van der Waals surface area contributed by atoms with Crippen molar-refractivity contribution in [1.29, 1.82) is 0 Å². The number of hydrogen-bond acceptors (Lipinski definition) is 3. The van der Waals surface area contributed by atoms with Gasteiger partial charge in [-0.3, -0.25) is 0 Å². The first kappa shape index (κ1) is 12.6. The number of ether oxygens (including phenoxy) is 1. The summed E-state index contributed by atoms with van der Waals surface area (Å²) in [6.07, 6.45) is 0.204. The highest BCUT2D eigenvalue weighted by Crippen LogP contribution is 2.17. The van der Waals surface area contributed by atoms with Gasteiger partial charge in [0, 0.05) is 5.69 Å². The lowest BCUT2D eigenvalue weighted by Crippen LogP contribution is -2.05. The van der Waals surface area contributed by atoms with Crippen molar-refractivity contribution in [3.8, 4) is 5.75 Å². The summed E-state index contributed by atoms with van der Waals surface area (Å²) in [5.74, 6) is 2.77. The van der Waals surface area contributed by atoms with E-state index in [4.69, 9.17) is 9.15 Å². The number of benzene rings is 1. The maximum atomic E-state index is 5.59. The van der Waals surface area contributed by atoms with Gasteiger partial charge in [0.2, 0.25) is 0 Å². The molecule has 0 bridgehead atoms. The highest BCUT2D eigenvalue weighted by molar-refractivity contribution is 5.46. The molecule has 0 fully saturated rings. The van der Waals surface area contributed by atoms with E-state index in [1.807, 2.05) is 57.2 Å². The van der Waals surface area contributed by atoms with Crippen molar-refractivity contribution in [3.63, 3.8) is 0 Å². The van der Waals surface area contributed by atoms with Crippen LogP contribution in [0.1, 0.15) is 25.4 Å². The number of anilines is 1. The number of nitrogens with one attached hydrogen (secondary N) is 1. The monoisotopic (exact) mass is 245 g/mol. The number of rotatable bonds is 5. The van der Waals surface area contributed by atoms with Crippen molar-refractivity contribution >= 4 is 5.69 Å². The smallest absolute Gasteiger partial charge is 0.123 e. The fourth-order valence-electron chi connectivity index (χ4n) is 1.69. The molecule has 2 rings (SSSR count).